The maximum absolute atomic E-state index is 11.5. The van der Waals surface area contributed by atoms with Gasteiger partial charge in [0.15, 0.2) is 0 Å². The van der Waals surface area contributed by atoms with Crippen molar-refractivity contribution in [2.75, 3.05) is 26.3 Å². The first-order chi connectivity index (χ1) is 12.9. The molecule has 162 valence electrons. The molecule has 0 aromatic carbocycles. The highest BCUT2D eigenvalue weighted by Gasteiger charge is 2.22. The van der Waals surface area contributed by atoms with E-state index in [4.69, 9.17) is 9.47 Å². The van der Waals surface area contributed by atoms with Gasteiger partial charge in [0.2, 0.25) is 11.8 Å². The van der Waals surface area contributed by atoms with Crippen molar-refractivity contribution < 1.29 is 19.1 Å². The van der Waals surface area contributed by atoms with E-state index in [9.17, 15) is 9.59 Å². The number of carbonyl (C=O) groups excluding carboxylic acids is 2. The molecule has 0 heterocycles. The first kappa shape index (κ1) is 26.3. The lowest BCUT2D eigenvalue weighted by atomic mass is 10.0. The van der Waals surface area contributed by atoms with E-state index in [2.05, 4.69) is 37.6 Å². The second-order valence-electron chi connectivity index (χ2n) is 8.50. The molecule has 0 rings (SSSR count). The fourth-order valence-electron chi connectivity index (χ4n) is 2.36. The van der Waals surface area contributed by atoms with Crippen molar-refractivity contribution in [1.29, 1.82) is 0 Å². The van der Waals surface area contributed by atoms with Gasteiger partial charge in [0, 0.05) is 30.8 Å². The topological polar surface area (TPSA) is 76.7 Å². The summed E-state index contributed by atoms with van der Waals surface area (Å²) in [4.78, 5) is 22.9. The van der Waals surface area contributed by atoms with Gasteiger partial charge in [-0.2, -0.15) is 0 Å². The molecule has 2 N–H and O–H groups in total. The summed E-state index contributed by atoms with van der Waals surface area (Å²) >= 11 is 0. The average Bonchev–Trinajstić information content (AvgIpc) is 2.57. The minimum atomic E-state index is -0.288. The molecule has 0 aliphatic rings. The molecule has 0 fully saturated rings. The molecule has 0 atom stereocenters. The van der Waals surface area contributed by atoms with Crippen molar-refractivity contribution in [2.24, 2.45) is 0 Å². The number of ether oxygens (including phenoxy) is 2. The SMILES string of the molecule is C=C(C)C(=O)NCCCOC(C)(C)CCOC(C)(C)CCCNC(=O)C(=C)C. The van der Waals surface area contributed by atoms with Gasteiger partial charge in [-0.15, -0.1) is 0 Å². The average molecular weight is 397 g/mol. The zero-order valence-electron chi connectivity index (χ0n) is 18.7. The van der Waals surface area contributed by atoms with Gasteiger partial charge in [0.1, 0.15) is 0 Å². The Kier molecular flexibility index (Phi) is 12.0. The van der Waals surface area contributed by atoms with Crippen LogP contribution in [0, 0.1) is 0 Å². The number of amides is 2. The third kappa shape index (κ3) is 13.5. The van der Waals surface area contributed by atoms with Crippen LogP contribution in [-0.4, -0.2) is 49.3 Å². The normalized spacial score (nSPS) is 11.8. The van der Waals surface area contributed by atoms with Gasteiger partial charge in [-0.25, -0.2) is 0 Å². The van der Waals surface area contributed by atoms with Crippen molar-refractivity contribution in [3.8, 4) is 0 Å². The van der Waals surface area contributed by atoms with Gasteiger partial charge in [-0.1, -0.05) is 13.2 Å². The Morgan fingerprint density at radius 3 is 1.68 bits per heavy atom. The van der Waals surface area contributed by atoms with Crippen molar-refractivity contribution in [1.82, 2.24) is 10.6 Å². The highest BCUT2D eigenvalue weighted by molar-refractivity contribution is 5.92. The Bertz CT molecular complexity index is 539. The molecule has 6 heteroatoms. The Morgan fingerprint density at radius 1 is 0.750 bits per heavy atom. The zero-order valence-corrected chi connectivity index (χ0v) is 18.7. The van der Waals surface area contributed by atoms with Gasteiger partial charge < -0.3 is 20.1 Å². The molecule has 6 nitrogen and oxygen atoms in total. The van der Waals surface area contributed by atoms with Crippen LogP contribution in [0.25, 0.3) is 0 Å². The summed E-state index contributed by atoms with van der Waals surface area (Å²) in [6, 6.07) is 0. The fraction of sp³-hybridized carbons (Fsp3) is 0.727. The van der Waals surface area contributed by atoms with E-state index in [0.29, 0.717) is 37.4 Å². The molecule has 0 unspecified atom stereocenters. The van der Waals surface area contributed by atoms with E-state index < -0.39 is 0 Å². The minimum Gasteiger partial charge on any atom is -0.375 e. The molecule has 0 saturated heterocycles. The smallest absolute Gasteiger partial charge is 0.246 e. The summed E-state index contributed by atoms with van der Waals surface area (Å²) in [5.41, 5.74) is 0.496. The van der Waals surface area contributed by atoms with Crippen molar-refractivity contribution >= 4 is 11.8 Å². The number of rotatable bonds is 15. The van der Waals surface area contributed by atoms with Crippen molar-refractivity contribution in [3.05, 3.63) is 24.3 Å². The summed E-state index contributed by atoms with van der Waals surface area (Å²) < 4.78 is 12.0. The lowest BCUT2D eigenvalue weighted by Crippen LogP contribution is -2.33. The van der Waals surface area contributed by atoms with Gasteiger partial charge in [0.05, 0.1) is 17.8 Å². The Hall–Kier alpha value is -1.66. The minimum absolute atomic E-state index is 0.100. The second-order valence-corrected chi connectivity index (χ2v) is 8.50. The fourth-order valence-corrected chi connectivity index (χ4v) is 2.36. The third-order valence-electron chi connectivity index (χ3n) is 4.31. The van der Waals surface area contributed by atoms with Crippen LogP contribution in [0.2, 0.25) is 0 Å². The lowest BCUT2D eigenvalue weighted by molar-refractivity contribution is -0.118. The molecule has 28 heavy (non-hydrogen) atoms. The highest BCUT2D eigenvalue weighted by Crippen LogP contribution is 2.20. The van der Waals surface area contributed by atoms with E-state index in [1.54, 1.807) is 13.8 Å². The van der Waals surface area contributed by atoms with Crippen molar-refractivity contribution in [2.45, 2.75) is 78.4 Å². The maximum atomic E-state index is 11.5. The monoisotopic (exact) mass is 396 g/mol. The molecule has 2 amide bonds. The Labute approximate surface area is 171 Å². The standard InChI is InChI=1S/C22H40N2O4/c1-17(2)19(25)23-13-9-11-21(5,6)28-16-12-22(7,8)27-15-10-14-24-20(26)18(3)4/h1,3,9-16H2,2,4-8H3,(H,23,25)(H,24,26). The van der Waals surface area contributed by atoms with Crippen LogP contribution < -0.4 is 10.6 Å². The van der Waals surface area contributed by atoms with Crippen LogP contribution in [0.15, 0.2) is 24.3 Å². The summed E-state index contributed by atoms with van der Waals surface area (Å²) in [7, 11) is 0. The third-order valence-corrected chi connectivity index (χ3v) is 4.31. The first-order valence-electron chi connectivity index (χ1n) is 10.0. The van der Waals surface area contributed by atoms with Crippen LogP contribution in [-0.2, 0) is 19.1 Å². The second kappa shape index (κ2) is 12.7. The molecule has 0 aromatic heterocycles. The first-order valence-corrected chi connectivity index (χ1v) is 10.0. The predicted octanol–water partition coefficient (Wildman–Crippen LogP) is 3.52. The molecular weight excluding hydrogens is 356 g/mol. The molecule has 0 aliphatic heterocycles. The molecule has 0 saturated carbocycles. The Balaban J connectivity index is 3.94. The summed E-state index contributed by atoms with van der Waals surface area (Å²) in [6.07, 6.45) is 3.24. The Morgan fingerprint density at radius 2 is 1.18 bits per heavy atom. The summed E-state index contributed by atoms with van der Waals surface area (Å²) in [5, 5.41) is 5.63. The largest absolute Gasteiger partial charge is 0.375 e. The molecule has 0 radical (unpaired) electrons. The van der Waals surface area contributed by atoms with E-state index in [1.807, 2.05) is 13.8 Å². The maximum Gasteiger partial charge on any atom is 0.246 e. The van der Waals surface area contributed by atoms with E-state index in [1.165, 1.54) is 0 Å². The molecule has 0 aliphatic carbocycles. The summed E-state index contributed by atoms with van der Waals surface area (Å²) in [6.45, 7) is 21.2. The number of carbonyl (C=O) groups is 2. The van der Waals surface area contributed by atoms with Gasteiger partial charge in [-0.05, 0) is 67.2 Å². The van der Waals surface area contributed by atoms with E-state index in [0.717, 1.165) is 25.7 Å². The van der Waals surface area contributed by atoms with Crippen LogP contribution in [0.5, 0.6) is 0 Å². The van der Waals surface area contributed by atoms with E-state index >= 15 is 0 Å². The molecule has 0 spiro atoms. The van der Waals surface area contributed by atoms with Crippen LogP contribution >= 0.6 is 0 Å². The van der Waals surface area contributed by atoms with Crippen LogP contribution in [0.1, 0.15) is 67.2 Å². The van der Waals surface area contributed by atoms with Crippen molar-refractivity contribution in [3.63, 3.8) is 0 Å². The quantitative estimate of drug-likeness (QED) is 0.328. The predicted molar refractivity (Wildman–Crippen MR) is 114 cm³/mol. The number of nitrogens with one attached hydrogen (secondary N) is 2. The van der Waals surface area contributed by atoms with Crippen LogP contribution in [0.3, 0.4) is 0 Å². The molecular formula is C22H40N2O4. The zero-order chi connectivity index (χ0) is 21.8. The highest BCUT2D eigenvalue weighted by atomic mass is 16.5. The van der Waals surface area contributed by atoms with E-state index in [-0.39, 0.29) is 23.0 Å². The van der Waals surface area contributed by atoms with Gasteiger partial charge in [0.25, 0.3) is 0 Å². The summed E-state index contributed by atoms with van der Waals surface area (Å²) in [5.74, 6) is -0.217. The lowest BCUT2D eigenvalue weighted by Gasteiger charge is -2.30. The van der Waals surface area contributed by atoms with Gasteiger partial charge in [-0.3, -0.25) is 9.59 Å². The van der Waals surface area contributed by atoms with Gasteiger partial charge >= 0.3 is 0 Å². The molecule has 0 aromatic rings. The number of hydrogen-bond acceptors (Lipinski definition) is 4. The number of hydrogen-bond donors (Lipinski definition) is 2. The molecule has 0 bridgehead atoms. The van der Waals surface area contributed by atoms with Crippen LogP contribution in [0.4, 0.5) is 0 Å².